The molecule has 0 aromatic heterocycles. The molecule has 0 spiro atoms. The largest absolute Gasteiger partial charge is 0.295 e. The lowest BCUT2D eigenvalue weighted by molar-refractivity contribution is -0.114. The van der Waals surface area contributed by atoms with Gasteiger partial charge in [0.15, 0.2) is 5.78 Å². The zero-order valence-electron chi connectivity index (χ0n) is 9.82. The highest BCUT2D eigenvalue weighted by Crippen LogP contribution is 2.38. The summed E-state index contributed by atoms with van der Waals surface area (Å²) in [4.78, 5) is 11.6. The quantitative estimate of drug-likeness (QED) is 0.710. The fourth-order valence-corrected chi connectivity index (χ4v) is 2.25. The lowest BCUT2D eigenvalue weighted by Gasteiger charge is -2.28. The van der Waals surface area contributed by atoms with Crippen molar-refractivity contribution in [3.63, 3.8) is 0 Å². The minimum Gasteiger partial charge on any atom is -0.295 e. The van der Waals surface area contributed by atoms with E-state index in [1.807, 2.05) is 30.3 Å². The van der Waals surface area contributed by atoms with Gasteiger partial charge in [-0.25, -0.2) is 4.39 Å². The lowest BCUT2D eigenvalue weighted by Crippen LogP contribution is -2.25. The number of halogens is 1. The van der Waals surface area contributed by atoms with Crippen LogP contribution in [-0.2, 0) is 4.79 Å². The van der Waals surface area contributed by atoms with E-state index in [9.17, 15) is 9.18 Å². The van der Waals surface area contributed by atoms with Crippen molar-refractivity contribution in [3.8, 4) is 0 Å². The van der Waals surface area contributed by atoms with Crippen LogP contribution < -0.4 is 0 Å². The van der Waals surface area contributed by atoms with Crippen LogP contribution in [0.5, 0.6) is 0 Å². The number of rotatable bonds is 2. The van der Waals surface area contributed by atoms with E-state index in [-0.39, 0.29) is 5.78 Å². The molecule has 0 fully saturated rings. The van der Waals surface area contributed by atoms with Crippen LogP contribution in [-0.4, -0.2) is 12.0 Å². The number of alkyl halides is 1. The molecule has 2 heteroatoms. The summed E-state index contributed by atoms with van der Waals surface area (Å²) in [7, 11) is 0. The SMILES string of the molecule is C=C1CC=C(C(C)=O)[C@H](c2ccccc2)[C@H]1F. The van der Waals surface area contributed by atoms with E-state index in [1.54, 1.807) is 6.08 Å². The van der Waals surface area contributed by atoms with Crippen molar-refractivity contribution in [1.82, 2.24) is 0 Å². The topological polar surface area (TPSA) is 17.1 Å². The molecule has 0 saturated heterocycles. The Morgan fingerprint density at radius 1 is 1.35 bits per heavy atom. The summed E-state index contributed by atoms with van der Waals surface area (Å²) in [6.45, 7) is 5.22. The summed E-state index contributed by atoms with van der Waals surface area (Å²) < 4.78 is 14.2. The van der Waals surface area contributed by atoms with Gasteiger partial charge in [0, 0.05) is 11.5 Å². The average Bonchev–Trinajstić information content (AvgIpc) is 2.33. The van der Waals surface area contributed by atoms with E-state index in [0.29, 0.717) is 17.6 Å². The average molecular weight is 230 g/mol. The molecule has 1 aromatic carbocycles. The molecule has 0 N–H and O–H groups in total. The zero-order valence-corrected chi connectivity index (χ0v) is 9.82. The molecule has 2 atom stereocenters. The number of Topliss-reactive ketones (excluding diaryl/α,β-unsaturated/α-hetero) is 1. The van der Waals surface area contributed by atoms with Crippen LogP contribution in [0.1, 0.15) is 24.8 Å². The predicted molar refractivity (Wildman–Crippen MR) is 66.6 cm³/mol. The minimum absolute atomic E-state index is 0.0611. The van der Waals surface area contributed by atoms with E-state index in [0.717, 1.165) is 5.56 Å². The fraction of sp³-hybridized carbons (Fsp3) is 0.267. The Hall–Kier alpha value is -1.70. The second-order valence-corrected chi connectivity index (χ2v) is 4.37. The highest BCUT2D eigenvalue weighted by molar-refractivity contribution is 5.95. The van der Waals surface area contributed by atoms with Crippen LogP contribution in [0.25, 0.3) is 0 Å². The maximum atomic E-state index is 14.2. The summed E-state index contributed by atoms with van der Waals surface area (Å²) in [6, 6.07) is 9.30. The third kappa shape index (κ3) is 2.21. The summed E-state index contributed by atoms with van der Waals surface area (Å²) >= 11 is 0. The van der Waals surface area contributed by atoms with Crippen molar-refractivity contribution in [1.29, 1.82) is 0 Å². The van der Waals surface area contributed by atoms with E-state index < -0.39 is 12.1 Å². The zero-order chi connectivity index (χ0) is 12.4. The highest BCUT2D eigenvalue weighted by atomic mass is 19.1. The molecule has 0 aliphatic heterocycles. The molecular weight excluding hydrogens is 215 g/mol. The molecule has 0 unspecified atom stereocenters. The van der Waals surface area contributed by atoms with Gasteiger partial charge in [-0.3, -0.25) is 4.79 Å². The number of allylic oxidation sites excluding steroid dienone is 3. The number of carbonyl (C=O) groups excluding carboxylic acids is 1. The van der Waals surface area contributed by atoms with Gasteiger partial charge in [0.2, 0.25) is 0 Å². The Labute approximate surface area is 101 Å². The Bertz CT molecular complexity index is 473. The second kappa shape index (κ2) is 4.66. The minimum atomic E-state index is -1.17. The fourth-order valence-electron chi connectivity index (χ4n) is 2.25. The molecule has 0 bridgehead atoms. The molecule has 88 valence electrons. The molecule has 0 heterocycles. The summed E-state index contributed by atoms with van der Waals surface area (Å²) in [5.41, 5.74) is 1.95. The van der Waals surface area contributed by atoms with Crippen LogP contribution in [0.3, 0.4) is 0 Å². The van der Waals surface area contributed by atoms with Crippen molar-refractivity contribution in [2.24, 2.45) is 0 Å². The molecule has 2 rings (SSSR count). The molecular formula is C15H15FO. The lowest BCUT2D eigenvalue weighted by atomic mass is 9.78. The number of carbonyl (C=O) groups is 1. The van der Waals surface area contributed by atoms with Gasteiger partial charge in [-0.15, -0.1) is 0 Å². The normalized spacial score (nSPS) is 24.4. The molecule has 0 saturated carbocycles. The first-order chi connectivity index (χ1) is 8.11. The maximum absolute atomic E-state index is 14.2. The first kappa shape index (κ1) is 11.8. The number of hydrogen-bond acceptors (Lipinski definition) is 1. The van der Waals surface area contributed by atoms with Gasteiger partial charge in [0.05, 0.1) is 0 Å². The molecule has 1 aliphatic carbocycles. The van der Waals surface area contributed by atoms with Crippen molar-refractivity contribution >= 4 is 5.78 Å². The first-order valence-corrected chi connectivity index (χ1v) is 5.69. The van der Waals surface area contributed by atoms with Crippen molar-refractivity contribution in [2.45, 2.75) is 25.4 Å². The number of benzene rings is 1. The van der Waals surface area contributed by atoms with E-state index in [4.69, 9.17) is 0 Å². The predicted octanol–water partition coefficient (Wildman–Crippen LogP) is 3.58. The van der Waals surface area contributed by atoms with Crippen LogP contribution in [0.2, 0.25) is 0 Å². The summed E-state index contributed by atoms with van der Waals surface area (Å²) in [5.74, 6) is -0.552. The molecule has 17 heavy (non-hydrogen) atoms. The smallest absolute Gasteiger partial charge is 0.156 e. The van der Waals surface area contributed by atoms with Gasteiger partial charge < -0.3 is 0 Å². The standard InChI is InChI=1S/C15H15FO/c1-10-8-9-13(11(2)17)14(15(10)16)12-6-4-3-5-7-12/h3-7,9,14-15H,1,8H2,2H3/t14-,15-/m0/s1. The van der Waals surface area contributed by atoms with Crippen LogP contribution in [0.4, 0.5) is 4.39 Å². The third-order valence-electron chi connectivity index (χ3n) is 3.17. The van der Waals surface area contributed by atoms with E-state index in [1.165, 1.54) is 6.92 Å². The van der Waals surface area contributed by atoms with Crippen molar-refractivity contribution < 1.29 is 9.18 Å². The van der Waals surface area contributed by atoms with Crippen molar-refractivity contribution in [2.75, 3.05) is 0 Å². The molecule has 0 amide bonds. The summed E-state index contributed by atoms with van der Waals surface area (Å²) in [5, 5.41) is 0. The monoisotopic (exact) mass is 230 g/mol. The molecule has 1 nitrogen and oxygen atoms in total. The van der Waals surface area contributed by atoms with Crippen LogP contribution in [0, 0.1) is 0 Å². The summed E-state index contributed by atoms with van der Waals surface area (Å²) in [6.07, 6.45) is 1.10. The van der Waals surface area contributed by atoms with Crippen LogP contribution >= 0.6 is 0 Å². The second-order valence-electron chi connectivity index (χ2n) is 4.37. The Morgan fingerprint density at radius 2 is 2.00 bits per heavy atom. The Kier molecular flexibility index (Phi) is 3.23. The first-order valence-electron chi connectivity index (χ1n) is 5.69. The van der Waals surface area contributed by atoms with Gasteiger partial charge in [-0.1, -0.05) is 43.0 Å². The Balaban J connectivity index is 2.47. The highest BCUT2D eigenvalue weighted by Gasteiger charge is 2.33. The maximum Gasteiger partial charge on any atom is 0.156 e. The van der Waals surface area contributed by atoms with Gasteiger partial charge in [0.1, 0.15) is 6.17 Å². The van der Waals surface area contributed by atoms with Gasteiger partial charge in [-0.2, -0.15) is 0 Å². The molecule has 1 aromatic rings. The third-order valence-corrected chi connectivity index (χ3v) is 3.17. The van der Waals surface area contributed by atoms with Crippen molar-refractivity contribution in [3.05, 3.63) is 59.7 Å². The van der Waals surface area contributed by atoms with E-state index in [2.05, 4.69) is 6.58 Å². The van der Waals surface area contributed by atoms with Crippen LogP contribution in [0.15, 0.2) is 54.1 Å². The van der Waals surface area contributed by atoms with E-state index >= 15 is 0 Å². The number of ketones is 1. The molecule has 0 radical (unpaired) electrons. The van der Waals surface area contributed by atoms with Gasteiger partial charge in [-0.05, 0) is 24.5 Å². The van der Waals surface area contributed by atoms with Gasteiger partial charge >= 0.3 is 0 Å². The Morgan fingerprint density at radius 3 is 2.59 bits per heavy atom. The van der Waals surface area contributed by atoms with Gasteiger partial charge in [0.25, 0.3) is 0 Å². The molecule has 1 aliphatic rings. The number of hydrogen-bond donors (Lipinski definition) is 0.